The van der Waals surface area contributed by atoms with E-state index in [4.69, 9.17) is 9.47 Å². The maximum Gasteiger partial charge on any atom is 0.223 e. The first kappa shape index (κ1) is 13.4. The highest BCUT2D eigenvalue weighted by molar-refractivity contribution is 5.78. The maximum absolute atomic E-state index is 12.0. The van der Waals surface area contributed by atoms with Gasteiger partial charge in [0.15, 0.2) is 5.79 Å². The number of hydrogen-bond acceptors (Lipinski definition) is 3. The predicted molar refractivity (Wildman–Crippen MR) is 71.6 cm³/mol. The van der Waals surface area contributed by atoms with Crippen LogP contribution < -0.4 is 5.32 Å². The Hall–Kier alpha value is -0.610. The van der Waals surface area contributed by atoms with Gasteiger partial charge in [-0.05, 0) is 25.7 Å². The van der Waals surface area contributed by atoms with Gasteiger partial charge in [0.05, 0.1) is 6.61 Å². The first-order valence-electron chi connectivity index (χ1n) is 7.87. The Morgan fingerprint density at radius 3 is 2.58 bits per heavy atom. The number of ether oxygens (including phenoxy) is 2. The molecule has 0 unspecified atom stereocenters. The second-order valence-electron chi connectivity index (χ2n) is 6.25. The standard InChI is InChI=1S/C15H25NO3/c17-14(12-6-2-3-7-12)16-10-13-11-18-15(19-13)8-4-1-5-9-15/h12-13H,1-11H2,(H,16,17)/t13-/m0/s1. The van der Waals surface area contributed by atoms with Crippen LogP contribution in [-0.2, 0) is 14.3 Å². The van der Waals surface area contributed by atoms with E-state index in [1.54, 1.807) is 0 Å². The van der Waals surface area contributed by atoms with Crippen molar-refractivity contribution in [3.63, 3.8) is 0 Å². The van der Waals surface area contributed by atoms with Crippen LogP contribution in [0, 0.1) is 5.92 Å². The van der Waals surface area contributed by atoms with Crippen LogP contribution >= 0.6 is 0 Å². The summed E-state index contributed by atoms with van der Waals surface area (Å²) in [5, 5.41) is 3.04. The molecule has 3 aliphatic rings. The first-order chi connectivity index (χ1) is 9.27. The average molecular weight is 267 g/mol. The minimum atomic E-state index is -0.318. The summed E-state index contributed by atoms with van der Waals surface area (Å²) in [7, 11) is 0. The lowest BCUT2D eigenvalue weighted by Gasteiger charge is -2.31. The third-order valence-corrected chi connectivity index (χ3v) is 4.76. The molecule has 108 valence electrons. The molecule has 1 amide bonds. The average Bonchev–Trinajstić information content (AvgIpc) is 3.08. The van der Waals surface area contributed by atoms with Gasteiger partial charge in [0.25, 0.3) is 0 Å². The van der Waals surface area contributed by atoms with Gasteiger partial charge in [-0.25, -0.2) is 0 Å². The van der Waals surface area contributed by atoms with E-state index in [1.165, 1.54) is 32.1 Å². The van der Waals surface area contributed by atoms with Crippen LogP contribution in [0.5, 0.6) is 0 Å². The molecule has 2 saturated carbocycles. The minimum Gasteiger partial charge on any atom is -0.353 e. The molecule has 0 aromatic carbocycles. The highest BCUT2D eigenvalue weighted by Gasteiger charge is 2.42. The summed E-state index contributed by atoms with van der Waals surface area (Å²) < 4.78 is 11.9. The zero-order chi connectivity index (χ0) is 13.1. The Morgan fingerprint density at radius 1 is 1.11 bits per heavy atom. The van der Waals surface area contributed by atoms with E-state index < -0.39 is 0 Å². The molecule has 0 bridgehead atoms. The Bertz CT molecular complexity index is 319. The van der Waals surface area contributed by atoms with E-state index in [1.807, 2.05) is 0 Å². The molecule has 1 saturated heterocycles. The number of nitrogens with one attached hydrogen (secondary N) is 1. The van der Waals surface area contributed by atoms with Crippen LogP contribution in [0.1, 0.15) is 57.8 Å². The fourth-order valence-corrected chi connectivity index (χ4v) is 3.62. The topological polar surface area (TPSA) is 47.6 Å². The molecule has 0 radical (unpaired) electrons. The third kappa shape index (κ3) is 3.11. The second-order valence-corrected chi connectivity index (χ2v) is 6.25. The highest BCUT2D eigenvalue weighted by Crippen LogP contribution is 2.37. The number of amides is 1. The van der Waals surface area contributed by atoms with E-state index in [0.717, 1.165) is 25.7 Å². The van der Waals surface area contributed by atoms with Crippen molar-refractivity contribution in [2.24, 2.45) is 5.92 Å². The number of hydrogen-bond donors (Lipinski definition) is 1. The zero-order valence-electron chi connectivity index (χ0n) is 11.7. The first-order valence-corrected chi connectivity index (χ1v) is 7.87. The molecule has 4 heteroatoms. The van der Waals surface area contributed by atoms with Gasteiger partial charge in [0.1, 0.15) is 6.10 Å². The molecule has 3 rings (SSSR count). The maximum atomic E-state index is 12.0. The smallest absolute Gasteiger partial charge is 0.223 e. The van der Waals surface area contributed by atoms with Crippen LogP contribution in [0.25, 0.3) is 0 Å². The van der Waals surface area contributed by atoms with Gasteiger partial charge < -0.3 is 14.8 Å². The molecule has 19 heavy (non-hydrogen) atoms. The van der Waals surface area contributed by atoms with Gasteiger partial charge in [0.2, 0.25) is 5.91 Å². The number of rotatable bonds is 3. The molecule has 3 fully saturated rings. The molecule has 0 aromatic heterocycles. The van der Waals surface area contributed by atoms with E-state index in [0.29, 0.717) is 13.2 Å². The van der Waals surface area contributed by atoms with Gasteiger partial charge in [-0.3, -0.25) is 4.79 Å². The fraction of sp³-hybridized carbons (Fsp3) is 0.933. The lowest BCUT2D eigenvalue weighted by atomic mass is 9.94. The van der Waals surface area contributed by atoms with E-state index >= 15 is 0 Å². The highest BCUT2D eigenvalue weighted by atomic mass is 16.7. The summed E-state index contributed by atoms with van der Waals surface area (Å²) in [6.07, 6.45) is 10.3. The molecule has 0 aromatic rings. The van der Waals surface area contributed by atoms with Gasteiger partial charge in [-0.2, -0.15) is 0 Å². The SMILES string of the molecule is O=C(NC[C@H]1COC2(CCCCC2)O1)C1CCCC1. The molecule has 1 aliphatic heterocycles. The van der Waals surface area contributed by atoms with Crippen molar-refractivity contribution in [3.8, 4) is 0 Å². The van der Waals surface area contributed by atoms with Crippen LogP contribution in [-0.4, -0.2) is 30.9 Å². The summed E-state index contributed by atoms with van der Waals surface area (Å²) in [5.41, 5.74) is 0. The normalized spacial score (nSPS) is 30.8. The summed E-state index contributed by atoms with van der Waals surface area (Å²) >= 11 is 0. The van der Waals surface area contributed by atoms with Gasteiger partial charge in [0, 0.05) is 25.3 Å². The van der Waals surface area contributed by atoms with Crippen molar-refractivity contribution >= 4 is 5.91 Å². The molecule has 4 nitrogen and oxygen atoms in total. The summed E-state index contributed by atoms with van der Waals surface area (Å²) in [6, 6.07) is 0. The van der Waals surface area contributed by atoms with Crippen molar-refractivity contribution in [1.82, 2.24) is 5.32 Å². The summed E-state index contributed by atoms with van der Waals surface area (Å²) in [4.78, 5) is 12.0. The molecule has 2 aliphatic carbocycles. The minimum absolute atomic E-state index is 0.0449. The van der Waals surface area contributed by atoms with Crippen molar-refractivity contribution in [3.05, 3.63) is 0 Å². The van der Waals surface area contributed by atoms with Gasteiger partial charge in [-0.15, -0.1) is 0 Å². The predicted octanol–water partition coefficient (Wildman–Crippen LogP) is 2.37. The Kier molecular flexibility index (Phi) is 4.08. The number of carbonyl (C=O) groups is 1. The zero-order valence-corrected chi connectivity index (χ0v) is 11.7. The van der Waals surface area contributed by atoms with Crippen molar-refractivity contribution in [1.29, 1.82) is 0 Å². The summed E-state index contributed by atoms with van der Waals surface area (Å²) in [5.74, 6) is 0.137. The lowest BCUT2D eigenvalue weighted by molar-refractivity contribution is -0.186. The lowest BCUT2D eigenvalue weighted by Crippen LogP contribution is -2.38. The Labute approximate surface area is 115 Å². The number of carbonyl (C=O) groups excluding carboxylic acids is 1. The van der Waals surface area contributed by atoms with Crippen LogP contribution in [0.2, 0.25) is 0 Å². The summed E-state index contributed by atoms with van der Waals surface area (Å²) in [6.45, 7) is 1.24. The van der Waals surface area contributed by atoms with E-state index in [2.05, 4.69) is 5.32 Å². The van der Waals surface area contributed by atoms with Gasteiger partial charge >= 0.3 is 0 Å². The van der Waals surface area contributed by atoms with E-state index in [-0.39, 0.29) is 23.7 Å². The largest absolute Gasteiger partial charge is 0.353 e. The van der Waals surface area contributed by atoms with Gasteiger partial charge in [-0.1, -0.05) is 19.3 Å². The van der Waals surface area contributed by atoms with Crippen LogP contribution in [0.4, 0.5) is 0 Å². The molecular formula is C15H25NO3. The molecule has 1 atom stereocenters. The molecule has 1 heterocycles. The Balaban J connectivity index is 1.42. The third-order valence-electron chi connectivity index (χ3n) is 4.76. The van der Waals surface area contributed by atoms with Crippen LogP contribution in [0.3, 0.4) is 0 Å². The monoisotopic (exact) mass is 267 g/mol. The second kappa shape index (κ2) is 5.80. The molecule has 1 N–H and O–H groups in total. The fourth-order valence-electron chi connectivity index (χ4n) is 3.62. The van der Waals surface area contributed by atoms with Crippen LogP contribution in [0.15, 0.2) is 0 Å². The van der Waals surface area contributed by atoms with E-state index in [9.17, 15) is 4.79 Å². The van der Waals surface area contributed by atoms with Crippen molar-refractivity contribution in [2.45, 2.75) is 69.7 Å². The quantitative estimate of drug-likeness (QED) is 0.854. The van der Waals surface area contributed by atoms with Crippen molar-refractivity contribution in [2.75, 3.05) is 13.2 Å². The Morgan fingerprint density at radius 2 is 1.84 bits per heavy atom. The molecule has 1 spiro atoms. The van der Waals surface area contributed by atoms with Crippen molar-refractivity contribution < 1.29 is 14.3 Å². The molecular weight excluding hydrogens is 242 g/mol.